The molecule has 3 fully saturated rings. The number of ether oxygens (including phenoxy) is 5. The zero-order valence-corrected chi connectivity index (χ0v) is 32.7. The standard InChI is InChI=1S/C41H50F3N5O7/c1-7-28-31(42)11-8-23-16-27(54-22-52-5)17-29(34(23)28)35-32(43)18-30-37(36(35)44)45-39(55-26-12-14-47(15-13-26)21-33(50)53-6)46-38(30)48-19-24-9-10-25(20-48)49(24)40(51)56-41(2,3)4/h8,11,16-18,24-26,33,50H,7,9-10,12-15,19-22H2,1-6H3/t24-,25+,33?. The average molecular weight is 782 g/mol. The van der Waals surface area contributed by atoms with Crippen molar-refractivity contribution in [1.29, 1.82) is 0 Å². The van der Waals surface area contributed by atoms with Crippen LogP contribution in [0.4, 0.5) is 23.8 Å². The van der Waals surface area contributed by atoms with Crippen LogP contribution in [0.5, 0.6) is 11.8 Å². The number of methoxy groups -OCH3 is 2. The molecule has 7 rings (SSSR count). The van der Waals surface area contributed by atoms with Gasteiger partial charge < -0.3 is 33.7 Å². The second-order valence-corrected chi connectivity index (χ2v) is 15.8. The predicted octanol–water partition coefficient (Wildman–Crippen LogP) is 6.81. The van der Waals surface area contributed by atoms with Gasteiger partial charge in [-0.05, 0) is 99.0 Å². The molecular formula is C41H50F3N5O7. The van der Waals surface area contributed by atoms with Crippen LogP contribution in [0.3, 0.4) is 0 Å². The molecule has 2 bridgehead atoms. The highest BCUT2D eigenvalue weighted by atomic mass is 19.1. The largest absolute Gasteiger partial charge is 0.468 e. The molecule has 0 aliphatic carbocycles. The molecule has 4 heterocycles. The average Bonchev–Trinajstić information content (AvgIpc) is 3.43. The van der Waals surface area contributed by atoms with Crippen molar-refractivity contribution in [2.45, 2.75) is 89.9 Å². The fourth-order valence-corrected chi connectivity index (χ4v) is 8.28. The second kappa shape index (κ2) is 16.2. The van der Waals surface area contributed by atoms with Crippen LogP contribution in [0.1, 0.15) is 58.9 Å². The van der Waals surface area contributed by atoms with E-state index in [1.54, 1.807) is 24.0 Å². The molecule has 12 nitrogen and oxygen atoms in total. The molecule has 0 radical (unpaired) electrons. The van der Waals surface area contributed by atoms with Crippen LogP contribution < -0.4 is 14.4 Å². The van der Waals surface area contributed by atoms with Crippen molar-refractivity contribution in [3.63, 3.8) is 0 Å². The molecule has 1 N–H and O–H groups in total. The van der Waals surface area contributed by atoms with Crippen LogP contribution in [0.2, 0.25) is 0 Å². The van der Waals surface area contributed by atoms with E-state index in [1.165, 1.54) is 32.4 Å². The van der Waals surface area contributed by atoms with Gasteiger partial charge in [-0.2, -0.15) is 9.97 Å². The zero-order valence-electron chi connectivity index (χ0n) is 32.7. The Labute approximate surface area is 324 Å². The van der Waals surface area contributed by atoms with E-state index in [4.69, 9.17) is 28.7 Å². The van der Waals surface area contributed by atoms with Crippen molar-refractivity contribution in [2.75, 3.05) is 58.6 Å². The Morgan fingerprint density at radius 1 is 0.982 bits per heavy atom. The van der Waals surface area contributed by atoms with Crippen molar-refractivity contribution < 1.29 is 46.8 Å². The van der Waals surface area contributed by atoms with E-state index >= 15 is 13.2 Å². The molecular weight excluding hydrogens is 731 g/mol. The van der Waals surface area contributed by atoms with Crippen LogP contribution in [0.25, 0.3) is 32.8 Å². The number of aryl methyl sites for hydroxylation is 1. The van der Waals surface area contributed by atoms with Crippen molar-refractivity contribution in [2.24, 2.45) is 0 Å². The molecule has 1 aromatic heterocycles. The molecule has 1 amide bonds. The monoisotopic (exact) mass is 781 g/mol. The number of carbonyl (C=O) groups is 1. The van der Waals surface area contributed by atoms with Crippen LogP contribution in [-0.4, -0.2) is 115 Å². The topological polar surface area (TPSA) is 119 Å². The van der Waals surface area contributed by atoms with Gasteiger partial charge in [0, 0.05) is 52.3 Å². The number of β-amino-alcohol motifs (C(OH)–C–C–N with tert-alkyl or cyclic N) is 1. The normalized spacial score (nSPS) is 19.9. The number of aliphatic hydroxyl groups is 1. The molecule has 56 heavy (non-hydrogen) atoms. The number of rotatable bonds is 11. The summed E-state index contributed by atoms with van der Waals surface area (Å²) in [5.74, 6) is -1.75. The summed E-state index contributed by atoms with van der Waals surface area (Å²) in [6, 6.07) is 6.83. The lowest BCUT2D eigenvalue weighted by atomic mass is 9.91. The van der Waals surface area contributed by atoms with Gasteiger partial charge >= 0.3 is 12.1 Å². The van der Waals surface area contributed by atoms with E-state index in [0.29, 0.717) is 61.9 Å². The van der Waals surface area contributed by atoms with E-state index in [0.717, 1.165) is 12.8 Å². The van der Waals surface area contributed by atoms with E-state index in [2.05, 4.69) is 9.88 Å². The number of likely N-dealkylation sites (tertiary alicyclic amines) is 1. The van der Waals surface area contributed by atoms with Crippen molar-refractivity contribution in [3.05, 3.63) is 53.3 Å². The van der Waals surface area contributed by atoms with E-state index in [-0.39, 0.29) is 77.1 Å². The lowest BCUT2D eigenvalue weighted by molar-refractivity contribution is -0.0952. The summed E-state index contributed by atoms with van der Waals surface area (Å²) in [5, 5.41) is 11.0. The first kappa shape index (κ1) is 39.8. The fourth-order valence-electron chi connectivity index (χ4n) is 8.28. The summed E-state index contributed by atoms with van der Waals surface area (Å²) in [6.45, 7) is 9.46. The lowest BCUT2D eigenvalue weighted by Gasteiger charge is -2.42. The van der Waals surface area contributed by atoms with Gasteiger partial charge in [-0.3, -0.25) is 9.80 Å². The number of anilines is 1. The lowest BCUT2D eigenvalue weighted by Crippen LogP contribution is -2.57. The first-order chi connectivity index (χ1) is 26.8. The van der Waals surface area contributed by atoms with E-state index < -0.39 is 29.3 Å². The summed E-state index contributed by atoms with van der Waals surface area (Å²) in [5.41, 5.74) is -0.792. The Morgan fingerprint density at radius 2 is 1.70 bits per heavy atom. The minimum Gasteiger partial charge on any atom is -0.468 e. The number of piperazine rings is 1. The molecule has 0 spiro atoms. The number of hydrogen-bond acceptors (Lipinski definition) is 11. The first-order valence-electron chi connectivity index (χ1n) is 19.2. The predicted molar refractivity (Wildman–Crippen MR) is 204 cm³/mol. The molecule has 3 aliphatic heterocycles. The van der Waals surface area contributed by atoms with Gasteiger partial charge in [-0.15, -0.1) is 0 Å². The van der Waals surface area contributed by atoms with Gasteiger partial charge in [0.25, 0.3) is 0 Å². The van der Waals surface area contributed by atoms with Gasteiger partial charge in [0.2, 0.25) is 0 Å². The van der Waals surface area contributed by atoms with E-state index in [1.807, 2.05) is 25.7 Å². The van der Waals surface area contributed by atoms with Crippen molar-refractivity contribution in [1.82, 2.24) is 19.8 Å². The summed E-state index contributed by atoms with van der Waals surface area (Å²) < 4.78 is 77.4. The van der Waals surface area contributed by atoms with Gasteiger partial charge in [0.15, 0.2) is 18.9 Å². The molecule has 4 aromatic rings. The number of benzene rings is 3. The Kier molecular flexibility index (Phi) is 11.5. The van der Waals surface area contributed by atoms with Gasteiger partial charge in [0.1, 0.15) is 40.4 Å². The van der Waals surface area contributed by atoms with Crippen molar-refractivity contribution >= 4 is 33.6 Å². The molecule has 3 atom stereocenters. The first-order valence-corrected chi connectivity index (χ1v) is 19.2. The van der Waals surface area contributed by atoms with Crippen LogP contribution in [0, 0.1) is 17.5 Å². The maximum atomic E-state index is 17.4. The van der Waals surface area contributed by atoms with Gasteiger partial charge in [-0.25, -0.2) is 18.0 Å². The molecule has 3 aromatic carbocycles. The smallest absolute Gasteiger partial charge is 0.410 e. The fraction of sp³-hybridized carbons (Fsp3) is 0.537. The number of hydrogen-bond donors (Lipinski definition) is 1. The quantitative estimate of drug-likeness (QED) is 0.162. The number of aliphatic hydroxyl groups excluding tert-OH is 1. The molecule has 3 saturated heterocycles. The Bertz CT molecular complexity index is 2080. The van der Waals surface area contributed by atoms with Gasteiger partial charge in [0.05, 0.1) is 17.6 Å². The highest BCUT2D eigenvalue weighted by Crippen LogP contribution is 2.43. The maximum absolute atomic E-state index is 17.4. The molecule has 15 heteroatoms. The minimum absolute atomic E-state index is 0.0661. The third-order valence-electron chi connectivity index (χ3n) is 10.8. The number of piperidine rings is 1. The Balaban J connectivity index is 1.33. The summed E-state index contributed by atoms with van der Waals surface area (Å²) in [7, 11) is 2.91. The third kappa shape index (κ3) is 8.04. The second-order valence-electron chi connectivity index (χ2n) is 15.8. The molecule has 0 saturated carbocycles. The summed E-state index contributed by atoms with van der Waals surface area (Å²) >= 11 is 0. The van der Waals surface area contributed by atoms with Gasteiger partial charge in [-0.1, -0.05) is 13.0 Å². The number of aromatic nitrogens is 2. The number of amides is 1. The number of halogens is 3. The highest BCUT2D eigenvalue weighted by Gasteiger charge is 2.45. The zero-order chi connectivity index (χ0) is 39.9. The number of carbonyl (C=O) groups excluding carboxylic acids is 1. The highest BCUT2D eigenvalue weighted by molar-refractivity contribution is 6.03. The van der Waals surface area contributed by atoms with Crippen LogP contribution in [-0.2, 0) is 20.6 Å². The maximum Gasteiger partial charge on any atom is 0.410 e. The molecule has 302 valence electrons. The SMILES string of the molecule is CCc1c(F)ccc2cc(OCOC)cc(-c3c(F)cc4c(N5C[C@H]6CC[C@@H](C5)N6C(=O)OC(C)(C)C)nc(OC5CCN(CC(O)OC)CC5)nc4c3F)c12. The minimum atomic E-state index is -0.955. The number of fused-ring (bicyclic) bond motifs is 4. The molecule has 3 aliphatic rings. The number of nitrogens with zero attached hydrogens (tertiary/aromatic N) is 5. The molecule has 1 unspecified atom stereocenters. The third-order valence-corrected chi connectivity index (χ3v) is 10.8. The Hall–Kier alpha value is -4.44. The van der Waals surface area contributed by atoms with Crippen molar-refractivity contribution in [3.8, 4) is 22.9 Å². The van der Waals surface area contributed by atoms with Crippen LogP contribution >= 0.6 is 0 Å². The Morgan fingerprint density at radius 3 is 2.34 bits per heavy atom. The van der Waals surface area contributed by atoms with Crippen LogP contribution in [0.15, 0.2) is 30.3 Å². The summed E-state index contributed by atoms with van der Waals surface area (Å²) in [6.07, 6.45) is 1.32. The summed E-state index contributed by atoms with van der Waals surface area (Å²) in [4.78, 5) is 28.5. The van der Waals surface area contributed by atoms with E-state index in [9.17, 15) is 9.90 Å².